The van der Waals surface area contributed by atoms with Gasteiger partial charge in [-0.1, -0.05) is 0 Å². The van der Waals surface area contributed by atoms with Gasteiger partial charge in [0.05, 0.1) is 18.4 Å². The zero-order chi connectivity index (χ0) is 24.3. The number of aryl methyl sites for hydroxylation is 1. The molecule has 2 aromatic carbocycles. The van der Waals surface area contributed by atoms with Crippen LogP contribution in [0.1, 0.15) is 5.56 Å². The Morgan fingerprint density at radius 3 is 2.75 bits per heavy atom. The topological polar surface area (TPSA) is 91.4 Å². The van der Waals surface area contributed by atoms with Crippen LogP contribution in [0.2, 0.25) is 0 Å². The highest BCUT2D eigenvalue weighted by Crippen LogP contribution is 2.31. The number of hydrogen-bond donors (Lipinski definition) is 1. The molecular formula is C27H23N7O2. The van der Waals surface area contributed by atoms with Crippen molar-refractivity contribution < 1.29 is 9.47 Å². The average Bonchev–Trinajstić information content (AvgIpc) is 3.58. The predicted octanol–water partition coefficient (Wildman–Crippen LogP) is 5.40. The summed E-state index contributed by atoms with van der Waals surface area (Å²) in [5.74, 6) is 2.98. The molecule has 0 aliphatic rings. The van der Waals surface area contributed by atoms with Crippen LogP contribution in [0.15, 0.2) is 92.2 Å². The van der Waals surface area contributed by atoms with Crippen molar-refractivity contribution in [3.63, 3.8) is 0 Å². The minimum atomic E-state index is 0.534. The molecule has 0 amide bonds. The molecule has 4 aromatic heterocycles. The van der Waals surface area contributed by atoms with Crippen LogP contribution < -0.4 is 14.8 Å². The summed E-state index contributed by atoms with van der Waals surface area (Å²) in [6, 6.07) is 15.6. The molecule has 6 aromatic rings. The monoisotopic (exact) mass is 477 g/mol. The maximum atomic E-state index is 6.11. The molecule has 36 heavy (non-hydrogen) atoms. The SMILES string of the molecule is Cc1cc(Nc2ncnc3ccc(OCCn4ccnc4)cc23)ccc1Oc1ccn2ccnc2c1. The van der Waals surface area contributed by atoms with Crippen LogP contribution in [0.25, 0.3) is 16.6 Å². The molecule has 1 N–H and O–H groups in total. The minimum absolute atomic E-state index is 0.534. The van der Waals surface area contributed by atoms with Crippen LogP contribution in [-0.4, -0.2) is 35.5 Å². The van der Waals surface area contributed by atoms with Crippen molar-refractivity contribution in [2.45, 2.75) is 13.5 Å². The summed E-state index contributed by atoms with van der Waals surface area (Å²) in [4.78, 5) is 17.2. The van der Waals surface area contributed by atoms with Crippen LogP contribution in [-0.2, 0) is 6.54 Å². The Hall–Kier alpha value is -4.92. The second kappa shape index (κ2) is 9.38. The molecule has 4 heterocycles. The third kappa shape index (κ3) is 4.54. The quantitative estimate of drug-likeness (QED) is 0.314. The Labute approximate surface area is 207 Å². The van der Waals surface area contributed by atoms with Crippen LogP contribution in [0.3, 0.4) is 0 Å². The van der Waals surface area contributed by atoms with Gasteiger partial charge in [-0.3, -0.25) is 0 Å². The number of benzene rings is 2. The van der Waals surface area contributed by atoms with Gasteiger partial charge in [0, 0.05) is 48.1 Å². The number of nitrogens with one attached hydrogen (secondary N) is 1. The van der Waals surface area contributed by atoms with E-state index in [0.717, 1.165) is 51.6 Å². The number of ether oxygens (including phenoxy) is 2. The summed E-state index contributed by atoms with van der Waals surface area (Å²) in [6.45, 7) is 3.27. The van der Waals surface area contributed by atoms with Crippen molar-refractivity contribution in [2.24, 2.45) is 0 Å². The lowest BCUT2D eigenvalue weighted by Crippen LogP contribution is -2.06. The van der Waals surface area contributed by atoms with Gasteiger partial charge < -0.3 is 23.8 Å². The number of aromatic nitrogens is 6. The Morgan fingerprint density at radius 2 is 1.86 bits per heavy atom. The lowest BCUT2D eigenvalue weighted by molar-refractivity contribution is 0.298. The van der Waals surface area contributed by atoms with Gasteiger partial charge in [0.1, 0.15) is 41.6 Å². The number of imidazole rings is 2. The molecule has 0 radical (unpaired) electrons. The largest absolute Gasteiger partial charge is 0.492 e. The molecule has 0 fully saturated rings. The van der Waals surface area contributed by atoms with E-state index in [4.69, 9.17) is 9.47 Å². The molecule has 0 spiro atoms. The molecule has 0 saturated carbocycles. The molecule has 0 atom stereocenters. The molecule has 6 rings (SSSR count). The van der Waals surface area contributed by atoms with E-state index in [0.29, 0.717) is 12.4 Å². The number of fused-ring (bicyclic) bond motifs is 2. The summed E-state index contributed by atoms with van der Waals surface area (Å²) < 4.78 is 16.0. The highest BCUT2D eigenvalue weighted by Gasteiger charge is 2.09. The minimum Gasteiger partial charge on any atom is -0.492 e. The van der Waals surface area contributed by atoms with Crippen LogP contribution in [0.4, 0.5) is 11.5 Å². The van der Waals surface area contributed by atoms with Gasteiger partial charge in [-0.15, -0.1) is 0 Å². The fraction of sp³-hybridized carbons (Fsp3) is 0.111. The number of pyridine rings is 1. The Balaban J connectivity index is 1.19. The molecule has 0 saturated heterocycles. The van der Waals surface area contributed by atoms with E-state index in [-0.39, 0.29) is 0 Å². The first-order valence-corrected chi connectivity index (χ1v) is 11.5. The standard InChI is InChI=1S/C27H23N7O2/c1-19-14-20(2-5-25(19)36-22-6-9-34-11-8-29-26(34)16-22)32-27-23-15-21(3-4-24(23)30-17-31-27)35-13-12-33-10-7-28-18-33/h2-11,14-18H,12-13H2,1H3,(H,30,31,32). The normalized spacial score (nSPS) is 11.1. The maximum Gasteiger partial charge on any atom is 0.141 e. The van der Waals surface area contributed by atoms with Gasteiger partial charge in [-0.05, 0) is 55.0 Å². The van der Waals surface area contributed by atoms with Crippen molar-refractivity contribution >= 4 is 28.1 Å². The first-order valence-electron chi connectivity index (χ1n) is 11.5. The molecular weight excluding hydrogens is 454 g/mol. The number of nitrogens with zero attached hydrogens (tertiary/aromatic N) is 6. The summed E-state index contributed by atoms with van der Waals surface area (Å²) in [5, 5.41) is 4.30. The van der Waals surface area contributed by atoms with E-state index in [1.807, 2.05) is 83.0 Å². The molecule has 0 aliphatic carbocycles. The first kappa shape index (κ1) is 21.6. The van der Waals surface area contributed by atoms with Crippen LogP contribution in [0.5, 0.6) is 17.2 Å². The first-order chi connectivity index (χ1) is 17.7. The van der Waals surface area contributed by atoms with Crippen molar-refractivity contribution in [1.82, 2.24) is 28.9 Å². The van der Waals surface area contributed by atoms with Gasteiger partial charge in [0.15, 0.2) is 0 Å². The Morgan fingerprint density at radius 1 is 0.889 bits per heavy atom. The third-order valence-electron chi connectivity index (χ3n) is 5.82. The van der Waals surface area contributed by atoms with Gasteiger partial charge in [-0.25, -0.2) is 19.9 Å². The van der Waals surface area contributed by atoms with Gasteiger partial charge >= 0.3 is 0 Å². The number of rotatable bonds is 8. The maximum absolute atomic E-state index is 6.11. The van der Waals surface area contributed by atoms with E-state index in [1.54, 1.807) is 25.0 Å². The van der Waals surface area contributed by atoms with Gasteiger partial charge in [0.25, 0.3) is 0 Å². The number of anilines is 2. The highest BCUT2D eigenvalue weighted by molar-refractivity contribution is 5.91. The van der Waals surface area contributed by atoms with E-state index < -0.39 is 0 Å². The van der Waals surface area contributed by atoms with Crippen molar-refractivity contribution in [2.75, 3.05) is 11.9 Å². The second-order valence-electron chi connectivity index (χ2n) is 8.31. The summed E-state index contributed by atoms with van der Waals surface area (Å²) >= 11 is 0. The summed E-state index contributed by atoms with van der Waals surface area (Å²) in [7, 11) is 0. The average molecular weight is 478 g/mol. The van der Waals surface area contributed by atoms with Gasteiger partial charge in [0.2, 0.25) is 0 Å². The van der Waals surface area contributed by atoms with E-state index in [1.165, 1.54) is 0 Å². The molecule has 9 nitrogen and oxygen atoms in total. The zero-order valence-corrected chi connectivity index (χ0v) is 19.6. The number of hydrogen-bond acceptors (Lipinski definition) is 7. The lowest BCUT2D eigenvalue weighted by atomic mass is 10.2. The Kier molecular flexibility index (Phi) is 5.63. The molecule has 0 aliphatic heterocycles. The van der Waals surface area contributed by atoms with E-state index in [9.17, 15) is 0 Å². The summed E-state index contributed by atoms with van der Waals surface area (Å²) in [6.07, 6.45) is 12.6. The second-order valence-corrected chi connectivity index (χ2v) is 8.31. The van der Waals surface area contributed by atoms with Crippen molar-refractivity contribution in [3.8, 4) is 17.2 Å². The molecule has 0 bridgehead atoms. The van der Waals surface area contributed by atoms with Crippen LogP contribution in [0, 0.1) is 6.92 Å². The van der Waals surface area contributed by atoms with E-state index in [2.05, 4.69) is 25.3 Å². The lowest BCUT2D eigenvalue weighted by Gasteiger charge is -2.13. The molecule has 0 unspecified atom stereocenters. The van der Waals surface area contributed by atoms with Gasteiger partial charge in [-0.2, -0.15) is 0 Å². The Bertz CT molecular complexity index is 1640. The predicted molar refractivity (Wildman–Crippen MR) is 137 cm³/mol. The molecule has 9 heteroatoms. The smallest absolute Gasteiger partial charge is 0.141 e. The summed E-state index contributed by atoms with van der Waals surface area (Å²) in [5.41, 5.74) is 3.56. The highest BCUT2D eigenvalue weighted by atomic mass is 16.5. The third-order valence-corrected chi connectivity index (χ3v) is 5.82. The fourth-order valence-electron chi connectivity index (χ4n) is 3.97. The van der Waals surface area contributed by atoms with Crippen molar-refractivity contribution in [1.29, 1.82) is 0 Å². The molecule has 178 valence electrons. The van der Waals surface area contributed by atoms with E-state index >= 15 is 0 Å². The van der Waals surface area contributed by atoms with Crippen molar-refractivity contribution in [3.05, 3.63) is 97.7 Å². The van der Waals surface area contributed by atoms with Crippen LogP contribution >= 0.6 is 0 Å². The fourth-order valence-corrected chi connectivity index (χ4v) is 3.97. The zero-order valence-electron chi connectivity index (χ0n) is 19.6.